The molecule has 2 aromatic rings. The molecule has 10 nitrogen and oxygen atoms in total. The third-order valence-corrected chi connectivity index (χ3v) is 6.30. The number of nitro benzene ring substituents is 1. The van der Waals surface area contributed by atoms with Gasteiger partial charge in [0.2, 0.25) is 0 Å². The van der Waals surface area contributed by atoms with Crippen LogP contribution in [0, 0.1) is 10.1 Å². The van der Waals surface area contributed by atoms with Crippen molar-refractivity contribution in [2.75, 3.05) is 44.7 Å². The van der Waals surface area contributed by atoms with E-state index in [0.717, 1.165) is 26.2 Å². The van der Waals surface area contributed by atoms with Gasteiger partial charge in [-0.2, -0.15) is 0 Å². The molecule has 1 amide bonds. The minimum atomic E-state index is -0.463. The number of carbonyl (C=O) groups is 1. The van der Waals surface area contributed by atoms with Crippen molar-refractivity contribution in [3.05, 3.63) is 80.6 Å². The lowest BCUT2D eigenvalue weighted by atomic mass is 9.99. The summed E-state index contributed by atoms with van der Waals surface area (Å²) in [6.07, 6.45) is 1.81. The number of likely N-dealkylation sites (N-methyl/N-ethyl adjacent to an activating group) is 1. The number of anilines is 1. The molecule has 0 radical (unpaired) electrons. The zero-order valence-electron chi connectivity index (χ0n) is 18.6. The van der Waals surface area contributed by atoms with Gasteiger partial charge in [-0.3, -0.25) is 24.8 Å². The summed E-state index contributed by atoms with van der Waals surface area (Å²) >= 11 is 6.43. The molecule has 0 spiro atoms. The first kappa shape index (κ1) is 23.6. The first-order valence-electron chi connectivity index (χ1n) is 10.6. The van der Waals surface area contributed by atoms with E-state index < -0.39 is 4.92 Å². The highest BCUT2D eigenvalue weighted by molar-refractivity contribution is 6.37. The van der Waals surface area contributed by atoms with E-state index in [0.29, 0.717) is 39.1 Å². The highest BCUT2D eigenvalue weighted by Gasteiger charge is 2.36. The molecule has 3 aliphatic heterocycles. The number of hydrogen-bond acceptors (Lipinski definition) is 8. The summed E-state index contributed by atoms with van der Waals surface area (Å²) in [4.78, 5) is 39.6. The topological polar surface area (TPSA) is 130 Å². The quantitative estimate of drug-likeness (QED) is 0.407. The molecule has 3 heterocycles. The second-order valence-electron chi connectivity index (χ2n) is 8.13. The van der Waals surface area contributed by atoms with E-state index in [1.54, 1.807) is 24.4 Å². The first-order valence-corrected chi connectivity index (χ1v) is 10.9. The van der Waals surface area contributed by atoms with Gasteiger partial charge in [0.05, 0.1) is 22.9 Å². The van der Waals surface area contributed by atoms with E-state index in [9.17, 15) is 14.9 Å². The fourth-order valence-electron chi connectivity index (χ4n) is 4.17. The molecule has 0 saturated carbocycles. The Morgan fingerprint density at radius 1 is 1.09 bits per heavy atom. The van der Waals surface area contributed by atoms with Gasteiger partial charge in [0, 0.05) is 60.7 Å². The number of carbonyl (C=O) groups excluding carboxylic acids is 1. The number of non-ortho nitro benzene ring substituents is 1. The maximum Gasteiger partial charge on any atom is 0.284 e. The summed E-state index contributed by atoms with van der Waals surface area (Å²) in [5, 5.41) is 12.0. The van der Waals surface area contributed by atoms with Crippen molar-refractivity contribution in [2.45, 2.75) is 0 Å². The first-order chi connectivity index (χ1) is 15.9. The molecule has 1 fully saturated rings. The summed E-state index contributed by atoms with van der Waals surface area (Å²) in [6, 6.07) is 11.6. The van der Waals surface area contributed by atoms with Crippen LogP contribution in [0.5, 0.6) is 0 Å². The van der Waals surface area contributed by atoms with Crippen LogP contribution >= 0.6 is 11.6 Å². The van der Waals surface area contributed by atoms with Crippen molar-refractivity contribution in [1.82, 2.24) is 16.0 Å². The third-order valence-electron chi connectivity index (χ3n) is 5.97. The van der Waals surface area contributed by atoms with E-state index in [4.69, 9.17) is 16.6 Å². The molecular formula is C23H24ClN7O3. The average molecular weight is 482 g/mol. The number of amides is 1. The molecule has 3 N–H and O–H groups in total. The van der Waals surface area contributed by atoms with Gasteiger partial charge < -0.3 is 16.0 Å². The van der Waals surface area contributed by atoms with Crippen LogP contribution in [-0.2, 0) is 4.79 Å². The Bertz CT molecular complexity index is 1250. The molecule has 1 saturated heterocycles. The highest BCUT2D eigenvalue weighted by atomic mass is 35.5. The van der Waals surface area contributed by atoms with E-state index in [-0.39, 0.29) is 24.3 Å². The van der Waals surface area contributed by atoms with Gasteiger partial charge in [-0.25, -0.2) is 4.99 Å². The van der Waals surface area contributed by atoms with Crippen molar-refractivity contribution in [1.29, 1.82) is 0 Å². The van der Waals surface area contributed by atoms with Crippen molar-refractivity contribution in [3.8, 4) is 0 Å². The van der Waals surface area contributed by atoms with Crippen molar-refractivity contribution in [3.63, 3.8) is 0 Å². The Morgan fingerprint density at radius 2 is 1.82 bits per heavy atom. The molecule has 0 atom stereocenters. The van der Waals surface area contributed by atoms with Gasteiger partial charge in [0.1, 0.15) is 11.5 Å². The monoisotopic (exact) mass is 481 g/mol. The number of nitrogens with zero attached hydrogens (tertiary/aromatic N) is 6. The smallest absolute Gasteiger partial charge is 0.284 e. The standard InChI is InChI=1S/C23H21ClN6O3.H3N/c1-27-8-10-28(11-9-27)14-19-23(31)29-20-7-6-15(30(32)33)12-17(20)22(25-13-21(29)26-19)16-4-2-3-5-18(16)24;/h2-7,12,14H,8-11,13H2,1H3;1H3/b19-14-;. The Morgan fingerprint density at radius 3 is 2.53 bits per heavy atom. The van der Waals surface area contributed by atoms with Crippen LogP contribution in [-0.4, -0.2) is 71.9 Å². The number of fused-ring (bicyclic) bond motifs is 3. The number of hydrogen-bond donors (Lipinski definition) is 1. The number of amidine groups is 1. The number of benzene rings is 2. The summed E-state index contributed by atoms with van der Waals surface area (Å²) in [7, 11) is 2.07. The van der Waals surface area contributed by atoms with Gasteiger partial charge in [-0.15, -0.1) is 0 Å². The summed E-state index contributed by atoms with van der Waals surface area (Å²) in [6.45, 7) is 3.60. The summed E-state index contributed by atoms with van der Waals surface area (Å²) in [5.41, 5.74) is 2.36. The Hall–Kier alpha value is -3.60. The van der Waals surface area contributed by atoms with Crippen LogP contribution in [0.15, 0.2) is 64.3 Å². The van der Waals surface area contributed by atoms with Crippen LogP contribution in [0.1, 0.15) is 11.1 Å². The Labute approximate surface area is 201 Å². The zero-order valence-corrected chi connectivity index (χ0v) is 19.4. The normalized spacial score (nSPS) is 19.1. The number of rotatable bonds is 3. The predicted octanol–water partition coefficient (Wildman–Crippen LogP) is 3.10. The van der Waals surface area contributed by atoms with Crippen LogP contribution in [0.4, 0.5) is 11.4 Å². The predicted molar refractivity (Wildman–Crippen MR) is 132 cm³/mol. The highest BCUT2D eigenvalue weighted by Crippen LogP contribution is 2.35. The number of piperazine rings is 1. The van der Waals surface area contributed by atoms with Crippen molar-refractivity contribution < 1.29 is 9.72 Å². The SMILES string of the molecule is CN1CCN(/C=C2\N=C3CN=C(c4ccccc4Cl)c4cc([N+](=O)[O-])ccc4N3C2=O)CC1.N. The summed E-state index contributed by atoms with van der Waals surface area (Å²) in [5.74, 6) is 0.215. The second kappa shape index (κ2) is 9.34. The number of aliphatic imine (C=N–C) groups is 2. The summed E-state index contributed by atoms with van der Waals surface area (Å²) < 4.78 is 0. The molecule has 11 heteroatoms. The van der Waals surface area contributed by atoms with Gasteiger partial charge in [-0.05, 0) is 19.2 Å². The third kappa shape index (κ3) is 4.18. The number of halogens is 1. The van der Waals surface area contributed by atoms with Gasteiger partial charge in [0.15, 0.2) is 0 Å². The van der Waals surface area contributed by atoms with Crippen LogP contribution < -0.4 is 11.1 Å². The average Bonchev–Trinajstić information content (AvgIpc) is 3.01. The van der Waals surface area contributed by atoms with E-state index in [2.05, 4.69) is 21.8 Å². The largest absolute Gasteiger partial charge is 0.373 e. The van der Waals surface area contributed by atoms with E-state index in [1.807, 2.05) is 12.1 Å². The molecule has 0 aromatic heterocycles. The molecular weight excluding hydrogens is 458 g/mol. The van der Waals surface area contributed by atoms with Crippen LogP contribution in [0.2, 0.25) is 5.02 Å². The van der Waals surface area contributed by atoms with Crippen LogP contribution in [0.3, 0.4) is 0 Å². The fourth-order valence-corrected chi connectivity index (χ4v) is 4.40. The molecule has 3 aliphatic rings. The van der Waals surface area contributed by atoms with Gasteiger partial charge >= 0.3 is 0 Å². The molecule has 0 bridgehead atoms. The molecule has 5 rings (SSSR count). The lowest BCUT2D eigenvalue weighted by Gasteiger charge is -2.31. The second-order valence-corrected chi connectivity index (χ2v) is 8.53. The van der Waals surface area contributed by atoms with E-state index >= 15 is 0 Å². The minimum Gasteiger partial charge on any atom is -0.373 e. The van der Waals surface area contributed by atoms with Crippen molar-refractivity contribution >= 4 is 40.4 Å². The minimum absolute atomic E-state index is 0. The molecule has 2 aromatic carbocycles. The van der Waals surface area contributed by atoms with Gasteiger partial charge in [0.25, 0.3) is 11.6 Å². The maximum absolute atomic E-state index is 13.4. The van der Waals surface area contributed by atoms with Gasteiger partial charge in [-0.1, -0.05) is 29.8 Å². The lowest BCUT2D eigenvalue weighted by Crippen LogP contribution is -2.42. The fraction of sp³-hybridized carbons (Fsp3) is 0.261. The lowest BCUT2D eigenvalue weighted by molar-refractivity contribution is -0.384. The molecule has 176 valence electrons. The zero-order chi connectivity index (χ0) is 23.1. The number of nitro groups is 1. The molecule has 0 unspecified atom stereocenters. The maximum atomic E-state index is 13.4. The van der Waals surface area contributed by atoms with Crippen LogP contribution in [0.25, 0.3) is 0 Å². The molecule has 0 aliphatic carbocycles. The van der Waals surface area contributed by atoms with E-state index in [1.165, 1.54) is 17.0 Å². The van der Waals surface area contributed by atoms with Crippen molar-refractivity contribution in [2.24, 2.45) is 9.98 Å². The Balaban J connectivity index is 0.00000274. The Kier molecular flexibility index (Phi) is 6.47. The molecule has 34 heavy (non-hydrogen) atoms.